The van der Waals surface area contributed by atoms with Gasteiger partial charge >= 0.3 is 0 Å². The number of rotatable bonds is 3. The van der Waals surface area contributed by atoms with Gasteiger partial charge in [-0.3, -0.25) is 0 Å². The molecule has 0 aromatic carbocycles. The maximum Gasteiger partial charge on any atom is 0.271 e. The summed E-state index contributed by atoms with van der Waals surface area (Å²) < 4.78 is 32.7. The zero-order valence-electron chi connectivity index (χ0n) is 11.1. The van der Waals surface area contributed by atoms with Crippen molar-refractivity contribution in [3.05, 3.63) is 47.1 Å². The number of ether oxygens (including phenoxy) is 1. The average molecular weight is 321 g/mol. The van der Waals surface area contributed by atoms with Crippen molar-refractivity contribution in [1.29, 1.82) is 0 Å². The van der Waals surface area contributed by atoms with Crippen LogP contribution < -0.4 is 0 Å². The fourth-order valence-electron chi connectivity index (χ4n) is 2.21. The highest BCUT2D eigenvalue weighted by Gasteiger charge is 2.33. The van der Waals surface area contributed by atoms with Crippen LogP contribution in [0, 0.1) is 0 Å². The summed E-state index contributed by atoms with van der Waals surface area (Å²) in [5.74, 6) is -2.97. The molecule has 2 rings (SSSR count). The van der Waals surface area contributed by atoms with Crippen LogP contribution in [-0.2, 0) is 4.74 Å². The first kappa shape index (κ1) is 15.7. The second kappa shape index (κ2) is 6.00. The van der Waals surface area contributed by atoms with Crippen LogP contribution in [0.4, 0.5) is 8.78 Å². The van der Waals surface area contributed by atoms with Gasteiger partial charge in [0.1, 0.15) is 0 Å². The number of allylic oxidation sites excluding steroid dienone is 4. The monoisotopic (exact) mass is 320 g/mol. The van der Waals surface area contributed by atoms with E-state index in [1.165, 1.54) is 6.08 Å². The summed E-state index contributed by atoms with van der Waals surface area (Å²) >= 11 is 11.9. The van der Waals surface area contributed by atoms with Crippen molar-refractivity contribution in [3.8, 4) is 0 Å². The van der Waals surface area contributed by atoms with Crippen LogP contribution in [0.1, 0.15) is 19.8 Å². The lowest BCUT2D eigenvalue weighted by Crippen LogP contribution is -2.28. The van der Waals surface area contributed by atoms with Crippen molar-refractivity contribution >= 4 is 23.2 Å². The molecule has 1 nitrogen and oxygen atoms in total. The van der Waals surface area contributed by atoms with Crippen molar-refractivity contribution in [2.24, 2.45) is 0 Å². The fourth-order valence-corrected chi connectivity index (χ4v) is 2.77. The molecule has 0 spiro atoms. The molecule has 0 amide bonds. The standard InChI is InChI=1S/C15H16Cl2F2O/c1-9-3-4-11(8-14(9)17)20-10-5-6-13(16)12(7-10)15(2,18)19/h3-4,6-7,10-11,14H,1,5,8H2,2H3. The molecule has 0 bridgehead atoms. The third-order valence-electron chi connectivity index (χ3n) is 3.33. The molecule has 110 valence electrons. The van der Waals surface area contributed by atoms with E-state index < -0.39 is 12.0 Å². The van der Waals surface area contributed by atoms with Gasteiger partial charge in [0.05, 0.1) is 17.6 Å². The van der Waals surface area contributed by atoms with Gasteiger partial charge in [-0.05, 0) is 24.5 Å². The molecule has 2 aliphatic rings. The molecular formula is C15H16Cl2F2O. The second-order valence-electron chi connectivity index (χ2n) is 5.11. The SMILES string of the molecule is C=C1C=CC(OC2C=C(C(C)(F)F)C(Cl)=CC2)CC1Cl. The van der Waals surface area contributed by atoms with Crippen LogP contribution in [-0.4, -0.2) is 23.5 Å². The molecule has 5 heteroatoms. The maximum atomic E-state index is 13.4. The highest BCUT2D eigenvalue weighted by molar-refractivity contribution is 6.32. The fraction of sp³-hybridized carbons (Fsp3) is 0.467. The minimum Gasteiger partial charge on any atom is -0.366 e. The summed E-state index contributed by atoms with van der Waals surface area (Å²) in [7, 11) is 0. The smallest absolute Gasteiger partial charge is 0.271 e. The lowest BCUT2D eigenvalue weighted by molar-refractivity contribution is 0.0291. The lowest BCUT2D eigenvalue weighted by Gasteiger charge is -2.28. The molecule has 0 aromatic heterocycles. The predicted octanol–water partition coefficient (Wildman–Crippen LogP) is 4.97. The number of halogens is 4. The third kappa shape index (κ3) is 3.72. The Morgan fingerprint density at radius 2 is 2.10 bits per heavy atom. The molecule has 0 radical (unpaired) electrons. The molecular weight excluding hydrogens is 305 g/mol. The van der Waals surface area contributed by atoms with Gasteiger partial charge in [0.2, 0.25) is 0 Å². The summed E-state index contributed by atoms with van der Waals surface area (Å²) in [5.41, 5.74) is 0.663. The molecule has 2 aliphatic carbocycles. The number of hydrogen-bond donors (Lipinski definition) is 0. The van der Waals surface area contributed by atoms with E-state index in [4.69, 9.17) is 27.9 Å². The van der Waals surface area contributed by atoms with Gasteiger partial charge in [-0.15, -0.1) is 11.6 Å². The van der Waals surface area contributed by atoms with Crippen molar-refractivity contribution in [1.82, 2.24) is 0 Å². The Kier molecular flexibility index (Phi) is 4.73. The lowest BCUT2D eigenvalue weighted by atomic mass is 9.98. The highest BCUT2D eigenvalue weighted by atomic mass is 35.5. The minimum absolute atomic E-state index is 0.0973. The Labute approximate surface area is 127 Å². The molecule has 0 heterocycles. The Balaban J connectivity index is 2.07. The summed E-state index contributed by atoms with van der Waals surface area (Å²) in [6.07, 6.45) is 7.12. The van der Waals surface area contributed by atoms with E-state index in [1.54, 1.807) is 6.08 Å². The van der Waals surface area contributed by atoms with Gasteiger partial charge in [0, 0.05) is 17.5 Å². The predicted molar refractivity (Wildman–Crippen MR) is 78.5 cm³/mol. The van der Waals surface area contributed by atoms with E-state index in [-0.39, 0.29) is 22.1 Å². The maximum absolute atomic E-state index is 13.4. The zero-order chi connectivity index (χ0) is 14.9. The van der Waals surface area contributed by atoms with Gasteiger partial charge < -0.3 is 4.74 Å². The van der Waals surface area contributed by atoms with Crippen LogP contribution in [0.25, 0.3) is 0 Å². The van der Waals surface area contributed by atoms with Crippen LogP contribution >= 0.6 is 23.2 Å². The average Bonchev–Trinajstić information content (AvgIpc) is 2.35. The summed E-state index contributed by atoms with van der Waals surface area (Å²) in [6, 6.07) is 0. The van der Waals surface area contributed by atoms with Gasteiger partial charge in [-0.1, -0.05) is 36.4 Å². The largest absolute Gasteiger partial charge is 0.366 e. The van der Waals surface area contributed by atoms with Crippen molar-refractivity contribution < 1.29 is 13.5 Å². The van der Waals surface area contributed by atoms with Crippen LogP contribution in [0.3, 0.4) is 0 Å². The normalized spacial score (nSPS) is 31.1. The first-order valence-electron chi connectivity index (χ1n) is 6.40. The Hall–Kier alpha value is -0.640. The number of hydrogen-bond acceptors (Lipinski definition) is 1. The van der Waals surface area contributed by atoms with E-state index in [2.05, 4.69) is 6.58 Å². The first-order valence-corrected chi connectivity index (χ1v) is 7.21. The van der Waals surface area contributed by atoms with Gasteiger partial charge in [-0.2, -0.15) is 0 Å². The zero-order valence-corrected chi connectivity index (χ0v) is 12.6. The van der Waals surface area contributed by atoms with E-state index in [1.807, 2.05) is 12.2 Å². The van der Waals surface area contributed by atoms with Crippen molar-refractivity contribution in [3.63, 3.8) is 0 Å². The molecule has 0 saturated carbocycles. The minimum atomic E-state index is -2.97. The number of alkyl halides is 3. The Morgan fingerprint density at radius 1 is 1.40 bits per heavy atom. The van der Waals surface area contributed by atoms with Gasteiger partial charge in [0.25, 0.3) is 5.92 Å². The molecule has 0 aliphatic heterocycles. The van der Waals surface area contributed by atoms with Crippen LogP contribution in [0.5, 0.6) is 0 Å². The summed E-state index contributed by atoms with van der Waals surface area (Å²) in [4.78, 5) is 0. The van der Waals surface area contributed by atoms with E-state index in [0.717, 1.165) is 12.5 Å². The molecule has 0 fully saturated rings. The molecule has 20 heavy (non-hydrogen) atoms. The molecule has 3 atom stereocenters. The van der Waals surface area contributed by atoms with Crippen LogP contribution in [0.2, 0.25) is 0 Å². The molecule has 0 saturated heterocycles. The van der Waals surface area contributed by atoms with Gasteiger partial charge in [-0.25, -0.2) is 8.78 Å². The van der Waals surface area contributed by atoms with Crippen molar-refractivity contribution in [2.45, 2.75) is 43.3 Å². The van der Waals surface area contributed by atoms with E-state index >= 15 is 0 Å². The van der Waals surface area contributed by atoms with E-state index in [9.17, 15) is 8.78 Å². The van der Waals surface area contributed by atoms with Crippen LogP contribution in [0.15, 0.2) is 47.1 Å². The van der Waals surface area contributed by atoms with E-state index in [0.29, 0.717) is 12.8 Å². The Morgan fingerprint density at radius 3 is 2.70 bits per heavy atom. The summed E-state index contributed by atoms with van der Waals surface area (Å²) in [5, 5.41) is -0.0797. The second-order valence-corrected chi connectivity index (χ2v) is 6.04. The topological polar surface area (TPSA) is 9.23 Å². The molecule has 3 unspecified atom stereocenters. The highest BCUT2D eigenvalue weighted by Crippen LogP contribution is 2.36. The van der Waals surface area contributed by atoms with Crippen molar-refractivity contribution in [2.75, 3.05) is 0 Å². The summed E-state index contributed by atoms with van der Waals surface area (Å²) in [6.45, 7) is 4.65. The third-order valence-corrected chi connectivity index (χ3v) is 4.14. The Bertz CT molecular complexity index is 489. The molecule has 0 N–H and O–H groups in total. The van der Waals surface area contributed by atoms with Gasteiger partial charge in [0.15, 0.2) is 0 Å². The quantitative estimate of drug-likeness (QED) is 0.667. The first-order chi connectivity index (χ1) is 9.27. The molecule has 0 aromatic rings.